The van der Waals surface area contributed by atoms with Gasteiger partial charge in [-0.15, -0.1) is 0 Å². The second-order valence-electron chi connectivity index (χ2n) is 3.28. The molecule has 3 unspecified atom stereocenters. The minimum absolute atomic E-state index is 0.0330. The minimum atomic E-state index is -0.0867. The van der Waals surface area contributed by atoms with Crippen molar-refractivity contribution < 1.29 is 9.53 Å². The van der Waals surface area contributed by atoms with E-state index < -0.39 is 0 Å². The van der Waals surface area contributed by atoms with Crippen LogP contribution in [0.25, 0.3) is 0 Å². The molecule has 4 heteroatoms. The molecule has 0 aromatic rings. The number of aliphatic imine (C=N–C) groups is 1. The van der Waals surface area contributed by atoms with Crippen molar-refractivity contribution in [3.05, 3.63) is 0 Å². The fraction of sp³-hybridized carbons (Fsp3) is 0.750. The van der Waals surface area contributed by atoms with E-state index in [4.69, 9.17) is 4.74 Å². The fourth-order valence-electron chi connectivity index (χ4n) is 1.78. The van der Waals surface area contributed by atoms with Gasteiger partial charge in [-0.2, -0.15) is 0 Å². The number of esters is 1. The number of alkyl halides is 1. The molecule has 3 nitrogen and oxygen atoms in total. The largest absolute Gasteiger partial charge is 0.415 e. The number of ether oxygens (including phenoxy) is 1. The van der Waals surface area contributed by atoms with Crippen molar-refractivity contribution in [1.82, 2.24) is 0 Å². The van der Waals surface area contributed by atoms with Gasteiger partial charge in [0.25, 0.3) is 0 Å². The Balaban J connectivity index is 2.13. The summed E-state index contributed by atoms with van der Waals surface area (Å²) in [6.45, 7) is 0. The molecule has 2 rings (SSSR count). The molecule has 0 radical (unpaired) electrons. The highest BCUT2D eigenvalue weighted by molar-refractivity contribution is 14.1. The molecule has 12 heavy (non-hydrogen) atoms. The number of halogens is 1. The van der Waals surface area contributed by atoms with Crippen LogP contribution in [0.5, 0.6) is 0 Å². The number of carbonyl (C=O) groups is 1. The summed E-state index contributed by atoms with van der Waals surface area (Å²) in [6, 6.07) is 0.206. The number of carbonyl (C=O) groups excluding carboxylic acids is 1. The zero-order valence-corrected chi connectivity index (χ0v) is 8.73. The SMILES string of the molecule is O=C1OC=NC2CCC(I)CC12. The van der Waals surface area contributed by atoms with Crippen molar-refractivity contribution in [2.45, 2.75) is 29.2 Å². The molecule has 1 fully saturated rings. The minimum Gasteiger partial charge on any atom is -0.415 e. The van der Waals surface area contributed by atoms with E-state index >= 15 is 0 Å². The van der Waals surface area contributed by atoms with Crippen LogP contribution in [-0.4, -0.2) is 22.3 Å². The Hall–Kier alpha value is -0.130. The molecule has 0 bridgehead atoms. The van der Waals surface area contributed by atoms with E-state index in [9.17, 15) is 4.79 Å². The van der Waals surface area contributed by atoms with Gasteiger partial charge in [-0.3, -0.25) is 9.79 Å². The first-order valence-electron chi connectivity index (χ1n) is 4.13. The standard InChI is InChI=1S/C8H10INO2/c9-5-1-2-7-6(3-5)8(11)12-4-10-7/h4-7H,1-3H2. The van der Waals surface area contributed by atoms with Crippen molar-refractivity contribution in [2.75, 3.05) is 0 Å². The summed E-state index contributed by atoms with van der Waals surface area (Å²) in [6.07, 6.45) is 4.44. The van der Waals surface area contributed by atoms with Crippen LogP contribution < -0.4 is 0 Å². The monoisotopic (exact) mass is 279 g/mol. The van der Waals surface area contributed by atoms with Crippen molar-refractivity contribution in [1.29, 1.82) is 0 Å². The Kier molecular flexibility index (Phi) is 2.34. The second-order valence-corrected chi connectivity index (χ2v) is 5.04. The van der Waals surface area contributed by atoms with E-state index in [1.165, 1.54) is 12.8 Å². The number of nitrogens with zero attached hydrogens (tertiary/aromatic N) is 1. The van der Waals surface area contributed by atoms with Crippen LogP contribution >= 0.6 is 22.6 Å². The number of hydrogen-bond donors (Lipinski definition) is 0. The molecule has 66 valence electrons. The Bertz CT molecular complexity index is 229. The number of fused-ring (bicyclic) bond motifs is 1. The van der Waals surface area contributed by atoms with Gasteiger partial charge >= 0.3 is 5.97 Å². The van der Waals surface area contributed by atoms with E-state index in [1.54, 1.807) is 0 Å². The fourth-order valence-corrected chi connectivity index (χ4v) is 2.69. The van der Waals surface area contributed by atoms with Gasteiger partial charge < -0.3 is 4.74 Å². The van der Waals surface area contributed by atoms with Gasteiger partial charge in [0.2, 0.25) is 0 Å². The average Bonchev–Trinajstić information content (AvgIpc) is 2.07. The summed E-state index contributed by atoms with van der Waals surface area (Å²) in [5.41, 5.74) is 0. The van der Waals surface area contributed by atoms with Gasteiger partial charge in [0.05, 0.1) is 12.0 Å². The first-order valence-corrected chi connectivity index (χ1v) is 5.38. The van der Waals surface area contributed by atoms with Crippen molar-refractivity contribution in [3.8, 4) is 0 Å². The Morgan fingerprint density at radius 2 is 2.42 bits per heavy atom. The lowest BCUT2D eigenvalue weighted by Crippen LogP contribution is -2.38. The molecule has 2 aliphatic rings. The lowest BCUT2D eigenvalue weighted by molar-refractivity contribution is -0.142. The number of cyclic esters (lactones) is 1. The predicted octanol–water partition coefficient (Wildman–Crippen LogP) is 1.54. The molecular weight excluding hydrogens is 269 g/mol. The van der Waals surface area contributed by atoms with E-state index in [1.807, 2.05) is 0 Å². The highest BCUT2D eigenvalue weighted by atomic mass is 127. The van der Waals surface area contributed by atoms with Gasteiger partial charge in [-0.05, 0) is 19.3 Å². The van der Waals surface area contributed by atoms with Crippen LogP contribution in [0.3, 0.4) is 0 Å². The molecule has 0 spiro atoms. The maximum atomic E-state index is 11.3. The lowest BCUT2D eigenvalue weighted by Gasteiger charge is -2.31. The highest BCUT2D eigenvalue weighted by Gasteiger charge is 2.37. The Morgan fingerprint density at radius 3 is 3.25 bits per heavy atom. The summed E-state index contributed by atoms with van der Waals surface area (Å²) in [4.78, 5) is 15.4. The molecule has 1 heterocycles. The van der Waals surface area contributed by atoms with Crippen molar-refractivity contribution in [3.63, 3.8) is 0 Å². The molecule has 1 aliphatic heterocycles. The van der Waals surface area contributed by atoms with Gasteiger partial charge in [-0.1, -0.05) is 22.6 Å². The summed E-state index contributed by atoms with van der Waals surface area (Å²) in [7, 11) is 0. The number of rotatable bonds is 0. The zero-order valence-electron chi connectivity index (χ0n) is 6.57. The van der Waals surface area contributed by atoms with Crippen molar-refractivity contribution in [2.24, 2.45) is 10.9 Å². The highest BCUT2D eigenvalue weighted by Crippen LogP contribution is 2.33. The third-order valence-corrected chi connectivity index (χ3v) is 3.61. The van der Waals surface area contributed by atoms with Gasteiger partial charge in [-0.25, -0.2) is 0 Å². The zero-order chi connectivity index (χ0) is 8.55. The maximum Gasteiger partial charge on any atom is 0.317 e. The third kappa shape index (κ3) is 1.48. The molecule has 0 saturated heterocycles. The summed E-state index contributed by atoms with van der Waals surface area (Å²) >= 11 is 2.40. The molecule has 0 N–H and O–H groups in total. The second kappa shape index (κ2) is 3.32. The van der Waals surface area contributed by atoms with Crippen LogP contribution in [0.2, 0.25) is 0 Å². The molecule has 3 atom stereocenters. The van der Waals surface area contributed by atoms with Gasteiger partial charge in [0, 0.05) is 3.92 Å². The topological polar surface area (TPSA) is 38.7 Å². The molecule has 0 aromatic carbocycles. The van der Waals surface area contributed by atoms with Gasteiger partial charge in [0.1, 0.15) is 0 Å². The third-order valence-electron chi connectivity index (χ3n) is 2.47. The Morgan fingerprint density at radius 1 is 1.58 bits per heavy atom. The number of hydrogen-bond acceptors (Lipinski definition) is 3. The molecule has 1 saturated carbocycles. The normalized spacial score (nSPS) is 40.4. The average molecular weight is 279 g/mol. The van der Waals surface area contributed by atoms with E-state index in [2.05, 4.69) is 27.6 Å². The van der Waals surface area contributed by atoms with Gasteiger partial charge in [0.15, 0.2) is 6.40 Å². The Labute approximate surface area is 84.7 Å². The van der Waals surface area contributed by atoms with Crippen LogP contribution in [0, 0.1) is 5.92 Å². The molecule has 0 aromatic heterocycles. The van der Waals surface area contributed by atoms with Crippen molar-refractivity contribution >= 4 is 35.0 Å². The maximum absolute atomic E-state index is 11.3. The quantitative estimate of drug-likeness (QED) is 0.383. The molecular formula is C8H10INO2. The molecule has 1 aliphatic carbocycles. The van der Waals surface area contributed by atoms with E-state index in [-0.39, 0.29) is 17.9 Å². The summed E-state index contributed by atoms with van der Waals surface area (Å²) < 4.78 is 5.38. The van der Waals surface area contributed by atoms with Crippen LogP contribution in [0.15, 0.2) is 4.99 Å². The predicted molar refractivity (Wildman–Crippen MR) is 53.5 cm³/mol. The van der Waals surface area contributed by atoms with E-state index in [0.717, 1.165) is 12.8 Å². The summed E-state index contributed by atoms with van der Waals surface area (Å²) in [5.74, 6) is -0.0537. The van der Waals surface area contributed by atoms with Crippen LogP contribution in [0.1, 0.15) is 19.3 Å². The summed E-state index contributed by atoms with van der Waals surface area (Å²) in [5, 5.41) is 0. The lowest BCUT2D eigenvalue weighted by atomic mass is 9.84. The van der Waals surface area contributed by atoms with Crippen LogP contribution in [0.4, 0.5) is 0 Å². The first-order chi connectivity index (χ1) is 5.77. The van der Waals surface area contributed by atoms with Crippen LogP contribution in [-0.2, 0) is 9.53 Å². The smallest absolute Gasteiger partial charge is 0.317 e. The van der Waals surface area contributed by atoms with E-state index in [0.29, 0.717) is 3.92 Å². The first kappa shape index (κ1) is 8.47. The molecule has 0 amide bonds.